The number of carboxylic acids is 1. The Morgan fingerprint density at radius 1 is 1.44 bits per heavy atom. The highest BCUT2D eigenvalue weighted by Gasteiger charge is 2.46. The normalized spacial score (nSPS) is 26.8. The molecule has 0 aliphatic carbocycles. The van der Waals surface area contributed by atoms with E-state index in [0.29, 0.717) is 4.31 Å². The van der Waals surface area contributed by atoms with E-state index in [0.717, 1.165) is 14.0 Å². The summed E-state index contributed by atoms with van der Waals surface area (Å²) in [6.07, 6.45) is -1.24. The van der Waals surface area contributed by atoms with Crippen LogP contribution in [0.15, 0.2) is 0 Å². The number of esters is 1. The van der Waals surface area contributed by atoms with Gasteiger partial charge in [0.25, 0.3) is 0 Å². The van der Waals surface area contributed by atoms with Crippen LogP contribution >= 0.6 is 0 Å². The van der Waals surface area contributed by atoms with Crippen LogP contribution in [0.3, 0.4) is 0 Å². The molecule has 1 fully saturated rings. The third kappa shape index (κ3) is 2.62. The number of aliphatic hydroxyl groups is 1. The number of rotatable bonds is 4. The third-order valence-corrected chi connectivity index (χ3v) is 4.97. The molecule has 1 saturated heterocycles. The van der Waals surface area contributed by atoms with Crippen LogP contribution in [0.1, 0.15) is 13.3 Å². The zero-order valence-electron chi connectivity index (χ0n) is 9.94. The summed E-state index contributed by atoms with van der Waals surface area (Å²) in [6, 6.07) is -1.35. The number of methoxy groups -OCH3 is 1. The Bertz CT molecular complexity index is 446. The van der Waals surface area contributed by atoms with Crippen molar-refractivity contribution < 1.29 is 33.0 Å². The average Bonchev–Trinajstić information content (AvgIpc) is 2.70. The van der Waals surface area contributed by atoms with Crippen LogP contribution in [0.2, 0.25) is 0 Å². The van der Waals surface area contributed by atoms with Gasteiger partial charge in [-0.2, -0.15) is 4.31 Å². The Labute approximate surface area is 104 Å². The number of nitrogens with zero attached hydrogens (tertiary/aromatic N) is 1. The molecule has 8 nitrogen and oxygen atoms in total. The summed E-state index contributed by atoms with van der Waals surface area (Å²) in [4.78, 5) is 22.2. The second-order valence-electron chi connectivity index (χ2n) is 4.02. The standard InChI is InChI=1S/C9H15NO7S/c1-5(9(14)17-2)18(15,16)10-4-6(11)3-7(10)8(12)13/h5-7,11H,3-4H2,1-2H3,(H,12,13)/t5?,6?,7-/m0/s1. The van der Waals surface area contributed by atoms with Gasteiger partial charge >= 0.3 is 11.9 Å². The Hall–Kier alpha value is -1.19. The molecule has 0 aromatic carbocycles. The second kappa shape index (κ2) is 5.21. The monoisotopic (exact) mass is 281 g/mol. The molecule has 0 aromatic heterocycles. The summed E-state index contributed by atoms with van der Waals surface area (Å²) in [7, 11) is -3.12. The predicted octanol–water partition coefficient (Wildman–Crippen LogP) is -1.60. The first-order valence-electron chi connectivity index (χ1n) is 5.21. The number of sulfonamides is 1. The summed E-state index contributed by atoms with van der Waals surface area (Å²) in [5, 5.41) is 16.8. The first kappa shape index (κ1) is 14.9. The lowest BCUT2D eigenvalue weighted by molar-refractivity contribution is -0.142. The molecule has 0 aromatic rings. The molecule has 1 aliphatic heterocycles. The van der Waals surface area contributed by atoms with Crippen molar-refractivity contribution in [3.05, 3.63) is 0 Å². The highest BCUT2D eigenvalue weighted by atomic mass is 32.2. The fourth-order valence-electron chi connectivity index (χ4n) is 1.78. The molecule has 1 aliphatic rings. The van der Waals surface area contributed by atoms with Crippen LogP contribution in [0, 0.1) is 0 Å². The van der Waals surface area contributed by atoms with E-state index >= 15 is 0 Å². The molecule has 104 valence electrons. The van der Waals surface area contributed by atoms with Crippen LogP contribution in [0.25, 0.3) is 0 Å². The first-order valence-corrected chi connectivity index (χ1v) is 6.71. The van der Waals surface area contributed by atoms with Gasteiger partial charge in [-0.05, 0) is 6.92 Å². The quantitative estimate of drug-likeness (QED) is 0.595. The SMILES string of the molecule is COC(=O)C(C)S(=O)(=O)N1CC(O)C[C@H]1C(=O)O. The van der Waals surface area contributed by atoms with E-state index in [1.54, 1.807) is 0 Å². The Morgan fingerprint density at radius 3 is 2.44 bits per heavy atom. The van der Waals surface area contributed by atoms with Gasteiger partial charge in [0.05, 0.1) is 13.2 Å². The van der Waals surface area contributed by atoms with Crippen molar-refractivity contribution >= 4 is 22.0 Å². The number of carbonyl (C=O) groups is 2. The Kier molecular flexibility index (Phi) is 4.30. The van der Waals surface area contributed by atoms with E-state index in [2.05, 4.69) is 4.74 Å². The smallest absolute Gasteiger partial charge is 0.325 e. The second-order valence-corrected chi connectivity index (χ2v) is 6.23. The molecule has 0 radical (unpaired) electrons. The number of hydrogen-bond donors (Lipinski definition) is 2. The van der Waals surface area contributed by atoms with Gasteiger partial charge in [0.15, 0.2) is 5.25 Å². The van der Waals surface area contributed by atoms with Gasteiger partial charge in [-0.15, -0.1) is 0 Å². The van der Waals surface area contributed by atoms with E-state index in [1.807, 2.05) is 0 Å². The molecule has 2 unspecified atom stereocenters. The van der Waals surface area contributed by atoms with E-state index in [4.69, 9.17) is 5.11 Å². The molecule has 9 heteroatoms. The fraction of sp³-hybridized carbons (Fsp3) is 0.778. The number of carboxylic acid groups (broad SMARTS) is 1. The molecular weight excluding hydrogens is 266 g/mol. The Morgan fingerprint density at radius 2 is 2.00 bits per heavy atom. The van der Waals surface area contributed by atoms with E-state index in [-0.39, 0.29) is 13.0 Å². The Balaban J connectivity index is 3.04. The maximum atomic E-state index is 12.0. The number of carbonyl (C=O) groups excluding carboxylic acids is 1. The molecule has 18 heavy (non-hydrogen) atoms. The molecule has 0 amide bonds. The van der Waals surface area contributed by atoms with Gasteiger partial charge in [0, 0.05) is 13.0 Å². The lowest BCUT2D eigenvalue weighted by Crippen LogP contribution is -2.46. The van der Waals surface area contributed by atoms with Crippen LogP contribution in [-0.2, 0) is 24.3 Å². The highest BCUT2D eigenvalue weighted by Crippen LogP contribution is 2.24. The molecule has 3 atom stereocenters. The number of hydrogen-bond acceptors (Lipinski definition) is 6. The fourth-order valence-corrected chi connectivity index (χ4v) is 3.44. The summed E-state index contributed by atoms with van der Waals surface area (Å²) in [5.74, 6) is -2.33. The molecular formula is C9H15NO7S. The molecule has 0 spiro atoms. The molecule has 2 N–H and O–H groups in total. The lowest BCUT2D eigenvalue weighted by Gasteiger charge is -2.23. The molecule has 1 heterocycles. The number of aliphatic hydroxyl groups excluding tert-OH is 1. The minimum Gasteiger partial charge on any atom is -0.480 e. The van der Waals surface area contributed by atoms with Crippen molar-refractivity contribution in [2.75, 3.05) is 13.7 Å². The minimum atomic E-state index is -4.16. The van der Waals surface area contributed by atoms with Crippen molar-refractivity contribution in [2.45, 2.75) is 30.7 Å². The van der Waals surface area contributed by atoms with Crippen molar-refractivity contribution in [2.24, 2.45) is 0 Å². The minimum absolute atomic E-state index is 0.192. The van der Waals surface area contributed by atoms with Gasteiger partial charge in [0.2, 0.25) is 10.0 Å². The summed E-state index contributed by atoms with van der Waals surface area (Å²) in [6.45, 7) is 0.783. The summed E-state index contributed by atoms with van der Waals surface area (Å²) < 4.78 is 29.1. The summed E-state index contributed by atoms with van der Waals surface area (Å²) >= 11 is 0. The van der Waals surface area contributed by atoms with Gasteiger partial charge < -0.3 is 14.9 Å². The van der Waals surface area contributed by atoms with Crippen molar-refractivity contribution in [1.29, 1.82) is 0 Å². The maximum Gasteiger partial charge on any atom is 0.325 e. The van der Waals surface area contributed by atoms with Gasteiger partial charge in [-0.1, -0.05) is 0 Å². The van der Waals surface area contributed by atoms with Gasteiger partial charge in [0.1, 0.15) is 6.04 Å². The van der Waals surface area contributed by atoms with Crippen molar-refractivity contribution in [1.82, 2.24) is 4.31 Å². The lowest BCUT2D eigenvalue weighted by atomic mass is 10.2. The zero-order chi connectivity index (χ0) is 14.1. The topological polar surface area (TPSA) is 121 Å². The van der Waals surface area contributed by atoms with E-state index < -0.39 is 39.4 Å². The van der Waals surface area contributed by atoms with Crippen LogP contribution < -0.4 is 0 Å². The number of β-amino-alcohol motifs (C(OH)–C–C–N with tert-alkyl or cyclic N) is 1. The third-order valence-electron chi connectivity index (χ3n) is 2.83. The maximum absolute atomic E-state index is 12.0. The molecule has 0 bridgehead atoms. The van der Waals surface area contributed by atoms with Crippen LogP contribution in [-0.4, -0.2) is 65.9 Å². The molecule has 1 rings (SSSR count). The predicted molar refractivity (Wildman–Crippen MR) is 59.2 cm³/mol. The van der Waals surface area contributed by atoms with Gasteiger partial charge in [-0.25, -0.2) is 8.42 Å². The zero-order valence-corrected chi connectivity index (χ0v) is 10.8. The van der Waals surface area contributed by atoms with E-state index in [1.165, 1.54) is 0 Å². The molecule has 0 saturated carbocycles. The highest BCUT2D eigenvalue weighted by molar-refractivity contribution is 7.90. The van der Waals surface area contributed by atoms with Gasteiger partial charge in [-0.3, -0.25) is 9.59 Å². The van der Waals surface area contributed by atoms with Crippen molar-refractivity contribution in [3.8, 4) is 0 Å². The van der Waals surface area contributed by atoms with Crippen molar-refractivity contribution in [3.63, 3.8) is 0 Å². The van der Waals surface area contributed by atoms with Crippen LogP contribution in [0.5, 0.6) is 0 Å². The average molecular weight is 281 g/mol. The number of ether oxygens (including phenoxy) is 1. The first-order chi connectivity index (χ1) is 8.21. The largest absolute Gasteiger partial charge is 0.480 e. The van der Waals surface area contributed by atoms with E-state index in [9.17, 15) is 23.1 Å². The van der Waals surface area contributed by atoms with Crippen LogP contribution in [0.4, 0.5) is 0 Å². The number of aliphatic carboxylic acids is 1. The summed E-state index contributed by atoms with van der Waals surface area (Å²) in [5.41, 5.74) is 0.